The second kappa shape index (κ2) is 17.9. The van der Waals surface area contributed by atoms with E-state index in [0.29, 0.717) is 0 Å². The monoisotopic (exact) mass is 368 g/mol. The molecule has 0 fully saturated rings. The number of hydrogen-bond donors (Lipinski definition) is 1. The van der Waals surface area contributed by atoms with Gasteiger partial charge in [-0.25, -0.2) is 0 Å². The van der Waals surface area contributed by atoms with Gasteiger partial charge in [0.25, 0.3) is 0 Å². The number of unbranched alkanes of at least 4 members (excludes halogenated alkanes) is 17. The molecule has 0 radical (unpaired) electrons. The molecular formula is C24H48O2. The molecule has 0 unspecified atom stereocenters. The summed E-state index contributed by atoms with van der Waals surface area (Å²) in [6.45, 7) is 5.96. The number of hydrogen-bond acceptors (Lipinski definition) is 1. The first kappa shape index (κ1) is 25.5. The van der Waals surface area contributed by atoms with E-state index in [1.807, 2.05) is 13.8 Å². The van der Waals surface area contributed by atoms with Gasteiger partial charge in [0, 0.05) is 0 Å². The van der Waals surface area contributed by atoms with Gasteiger partial charge in [0.1, 0.15) is 0 Å². The summed E-state index contributed by atoms with van der Waals surface area (Å²) in [7, 11) is 0. The third-order valence-electron chi connectivity index (χ3n) is 5.73. The van der Waals surface area contributed by atoms with Crippen LogP contribution in [0.5, 0.6) is 0 Å². The van der Waals surface area contributed by atoms with Crippen molar-refractivity contribution in [3.63, 3.8) is 0 Å². The minimum Gasteiger partial charge on any atom is -0.481 e. The van der Waals surface area contributed by atoms with Crippen molar-refractivity contribution in [2.24, 2.45) is 5.41 Å². The van der Waals surface area contributed by atoms with Crippen molar-refractivity contribution in [1.29, 1.82) is 0 Å². The molecule has 0 aliphatic carbocycles. The highest BCUT2D eigenvalue weighted by Gasteiger charge is 2.25. The van der Waals surface area contributed by atoms with Gasteiger partial charge in [0.05, 0.1) is 5.41 Å². The Bertz CT molecular complexity index is 309. The zero-order valence-corrected chi connectivity index (χ0v) is 18.3. The minimum absolute atomic E-state index is 0.547. The third-order valence-corrected chi connectivity index (χ3v) is 5.73. The molecule has 0 saturated heterocycles. The molecule has 0 aliphatic heterocycles. The van der Waals surface area contributed by atoms with Gasteiger partial charge in [0.15, 0.2) is 0 Å². The Balaban J connectivity index is 3.13. The summed E-state index contributed by atoms with van der Waals surface area (Å²) in [4.78, 5) is 11.0. The fourth-order valence-electron chi connectivity index (χ4n) is 3.58. The highest BCUT2D eigenvalue weighted by Crippen LogP contribution is 2.24. The fourth-order valence-corrected chi connectivity index (χ4v) is 3.58. The molecule has 0 aromatic heterocycles. The van der Waals surface area contributed by atoms with Gasteiger partial charge in [-0.15, -0.1) is 0 Å². The highest BCUT2D eigenvalue weighted by atomic mass is 16.4. The van der Waals surface area contributed by atoms with Crippen molar-refractivity contribution in [2.45, 2.75) is 143 Å². The Labute approximate surface area is 164 Å². The van der Waals surface area contributed by atoms with E-state index in [9.17, 15) is 4.79 Å². The first-order valence-electron chi connectivity index (χ1n) is 11.7. The van der Waals surface area contributed by atoms with Gasteiger partial charge < -0.3 is 5.11 Å². The van der Waals surface area contributed by atoms with Crippen LogP contribution in [0, 0.1) is 5.41 Å². The number of carboxylic acids is 1. The van der Waals surface area contributed by atoms with Crippen molar-refractivity contribution in [2.75, 3.05) is 0 Å². The summed E-state index contributed by atoms with van der Waals surface area (Å²) >= 11 is 0. The lowest BCUT2D eigenvalue weighted by Crippen LogP contribution is -2.23. The van der Waals surface area contributed by atoms with E-state index >= 15 is 0 Å². The van der Waals surface area contributed by atoms with Crippen LogP contribution in [0.15, 0.2) is 0 Å². The van der Waals surface area contributed by atoms with Gasteiger partial charge in [-0.2, -0.15) is 0 Å². The molecule has 0 aromatic carbocycles. The summed E-state index contributed by atoms with van der Waals surface area (Å²) in [6, 6.07) is 0. The van der Waals surface area contributed by atoms with Crippen molar-refractivity contribution in [3.8, 4) is 0 Å². The molecule has 0 aliphatic rings. The van der Waals surface area contributed by atoms with Crippen LogP contribution in [0.1, 0.15) is 143 Å². The van der Waals surface area contributed by atoms with Crippen LogP contribution in [-0.4, -0.2) is 11.1 Å². The summed E-state index contributed by atoms with van der Waals surface area (Å²) in [5, 5.41) is 9.08. The SMILES string of the molecule is CCCCCCCCCCCCCCCCCCCCC(C)(C)C(=O)O. The molecule has 0 spiro atoms. The average molecular weight is 369 g/mol. The van der Waals surface area contributed by atoms with E-state index < -0.39 is 11.4 Å². The normalized spacial score (nSPS) is 11.8. The van der Waals surface area contributed by atoms with E-state index in [1.54, 1.807) is 0 Å². The Morgan fingerprint density at radius 3 is 1.12 bits per heavy atom. The van der Waals surface area contributed by atoms with Gasteiger partial charge >= 0.3 is 5.97 Å². The minimum atomic E-state index is -0.663. The third kappa shape index (κ3) is 16.9. The van der Waals surface area contributed by atoms with Crippen LogP contribution in [0.25, 0.3) is 0 Å². The Kier molecular flexibility index (Phi) is 17.5. The smallest absolute Gasteiger partial charge is 0.309 e. The Morgan fingerprint density at radius 1 is 0.577 bits per heavy atom. The van der Waals surface area contributed by atoms with Crippen LogP contribution in [-0.2, 0) is 4.79 Å². The van der Waals surface area contributed by atoms with Crippen molar-refractivity contribution in [1.82, 2.24) is 0 Å². The maximum Gasteiger partial charge on any atom is 0.309 e. The first-order valence-corrected chi connectivity index (χ1v) is 11.7. The molecule has 2 nitrogen and oxygen atoms in total. The predicted octanol–water partition coefficient (Wildman–Crippen LogP) is 8.53. The van der Waals surface area contributed by atoms with Crippen LogP contribution in [0.3, 0.4) is 0 Å². The molecule has 156 valence electrons. The molecule has 0 aromatic rings. The molecule has 0 atom stereocenters. The van der Waals surface area contributed by atoms with Gasteiger partial charge in [-0.1, -0.05) is 122 Å². The van der Waals surface area contributed by atoms with Gasteiger partial charge in [0.2, 0.25) is 0 Å². The van der Waals surface area contributed by atoms with Gasteiger partial charge in [-0.05, 0) is 20.3 Å². The number of carbonyl (C=O) groups is 1. The number of rotatable bonds is 20. The fraction of sp³-hybridized carbons (Fsp3) is 0.958. The summed E-state index contributed by atoms with van der Waals surface area (Å²) < 4.78 is 0. The maximum absolute atomic E-state index is 11.0. The second-order valence-corrected chi connectivity index (χ2v) is 8.95. The highest BCUT2D eigenvalue weighted by molar-refractivity contribution is 5.73. The molecule has 0 amide bonds. The molecule has 0 bridgehead atoms. The summed E-state index contributed by atoms with van der Waals surface area (Å²) in [5.41, 5.74) is -0.547. The van der Waals surface area contributed by atoms with Crippen molar-refractivity contribution >= 4 is 5.97 Å². The molecule has 0 heterocycles. The first-order chi connectivity index (χ1) is 12.5. The lowest BCUT2D eigenvalue weighted by Gasteiger charge is -2.18. The Morgan fingerprint density at radius 2 is 0.846 bits per heavy atom. The van der Waals surface area contributed by atoms with E-state index in [0.717, 1.165) is 12.8 Å². The number of carboxylic acid groups (broad SMARTS) is 1. The van der Waals surface area contributed by atoms with Crippen molar-refractivity contribution < 1.29 is 9.90 Å². The molecular weight excluding hydrogens is 320 g/mol. The van der Waals surface area contributed by atoms with E-state index in [-0.39, 0.29) is 0 Å². The largest absolute Gasteiger partial charge is 0.481 e. The van der Waals surface area contributed by atoms with Crippen molar-refractivity contribution in [3.05, 3.63) is 0 Å². The van der Waals surface area contributed by atoms with E-state index in [2.05, 4.69) is 6.92 Å². The zero-order chi connectivity index (χ0) is 19.5. The topological polar surface area (TPSA) is 37.3 Å². The van der Waals surface area contributed by atoms with E-state index in [1.165, 1.54) is 109 Å². The van der Waals surface area contributed by atoms with Crippen LogP contribution < -0.4 is 0 Å². The zero-order valence-electron chi connectivity index (χ0n) is 18.3. The van der Waals surface area contributed by atoms with Crippen LogP contribution >= 0.6 is 0 Å². The van der Waals surface area contributed by atoms with E-state index in [4.69, 9.17) is 5.11 Å². The lowest BCUT2D eigenvalue weighted by molar-refractivity contribution is -0.147. The summed E-state index contributed by atoms with van der Waals surface area (Å²) in [5.74, 6) is -0.663. The summed E-state index contributed by atoms with van der Waals surface area (Å²) in [6.07, 6.45) is 25.6. The Hall–Kier alpha value is -0.530. The number of aliphatic carboxylic acids is 1. The molecule has 26 heavy (non-hydrogen) atoms. The molecule has 0 rings (SSSR count). The second-order valence-electron chi connectivity index (χ2n) is 8.95. The lowest BCUT2D eigenvalue weighted by atomic mass is 9.87. The molecule has 0 saturated carbocycles. The average Bonchev–Trinajstić information content (AvgIpc) is 2.60. The molecule has 1 N–H and O–H groups in total. The predicted molar refractivity (Wildman–Crippen MR) is 115 cm³/mol. The maximum atomic E-state index is 11.0. The quantitative estimate of drug-likeness (QED) is 0.219. The van der Waals surface area contributed by atoms with Gasteiger partial charge in [-0.3, -0.25) is 4.79 Å². The van der Waals surface area contributed by atoms with Crippen LogP contribution in [0.2, 0.25) is 0 Å². The standard InChI is InChI=1S/C24H48O2/c1-4-5-6-7-8-9-10-11-12-13-14-15-16-17-18-19-20-21-22-24(2,3)23(25)26/h4-22H2,1-3H3,(H,25,26). The van der Waals surface area contributed by atoms with Crippen LogP contribution in [0.4, 0.5) is 0 Å². The molecule has 2 heteroatoms.